The van der Waals surface area contributed by atoms with E-state index in [9.17, 15) is 9.59 Å². The first kappa shape index (κ1) is 18.7. The quantitative estimate of drug-likeness (QED) is 0.610. The van der Waals surface area contributed by atoms with E-state index in [2.05, 4.69) is 36.3 Å². The highest BCUT2D eigenvalue weighted by Gasteiger charge is 2.61. The van der Waals surface area contributed by atoms with E-state index in [-0.39, 0.29) is 27.8 Å². The van der Waals surface area contributed by atoms with Gasteiger partial charge < -0.3 is 5.32 Å². The van der Waals surface area contributed by atoms with Crippen molar-refractivity contribution in [2.75, 3.05) is 5.32 Å². The topological polar surface area (TPSA) is 84.8 Å². The van der Waals surface area contributed by atoms with Crippen molar-refractivity contribution >= 4 is 29.1 Å². The number of hydrogen-bond donors (Lipinski definition) is 1. The van der Waals surface area contributed by atoms with Gasteiger partial charge in [-0.05, 0) is 48.9 Å². The Kier molecular flexibility index (Phi) is 3.95. The molecule has 1 aromatic carbocycles. The molecule has 1 aliphatic heterocycles. The van der Waals surface area contributed by atoms with E-state index in [1.165, 1.54) is 11.8 Å². The average molecular weight is 409 g/mol. The molecule has 0 spiro atoms. The Hall–Kier alpha value is -2.28. The second-order valence-corrected chi connectivity index (χ2v) is 10.5. The Bertz CT molecular complexity index is 1070. The number of ketones is 1. The first-order valence-electron chi connectivity index (χ1n) is 10.1. The molecule has 1 aromatic heterocycles. The van der Waals surface area contributed by atoms with E-state index >= 15 is 0 Å². The minimum atomic E-state index is -0.336. The molecule has 3 aliphatic rings. The minimum Gasteiger partial charge on any atom is -0.326 e. The Balaban J connectivity index is 1.38. The van der Waals surface area contributed by atoms with Crippen molar-refractivity contribution in [1.82, 2.24) is 15.2 Å². The fourth-order valence-electron chi connectivity index (χ4n) is 5.24. The summed E-state index contributed by atoms with van der Waals surface area (Å²) in [4.78, 5) is 29.4. The maximum atomic E-state index is 13.0. The molecule has 7 heteroatoms. The van der Waals surface area contributed by atoms with Gasteiger partial charge in [0.25, 0.3) is 0 Å². The largest absolute Gasteiger partial charge is 0.326 e. The number of aromatic nitrogens is 3. The van der Waals surface area contributed by atoms with Gasteiger partial charge in [0.1, 0.15) is 0 Å². The molecule has 2 bridgehead atoms. The zero-order chi connectivity index (χ0) is 20.6. The van der Waals surface area contributed by atoms with E-state index in [0.717, 1.165) is 35.5 Å². The first-order valence-corrected chi connectivity index (χ1v) is 11.0. The number of hydrogen-bond acceptors (Lipinski definition) is 6. The highest BCUT2D eigenvalue weighted by molar-refractivity contribution is 8.00. The predicted octanol–water partition coefficient (Wildman–Crippen LogP) is 3.90. The summed E-state index contributed by atoms with van der Waals surface area (Å²) in [6, 6.07) is 5.39. The minimum absolute atomic E-state index is 0.00862. The van der Waals surface area contributed by atoms with Gasteiger partial charge >= 0.3 is 0 Å². The SMILES string of the molecule is C[C@@H](Sc1nnc2c(n1)[C@]1(C)CC[C@H]2C1(C)C)C(=O)c1ccc2c(c1)CC(=O)N2. The molecule has 2 heterocycles. The highest BCUT2D eigenvalue weighted by atomic mass is 32.2. The lowest BCUT2D eigenvalue weighted by Crippen LogP contribution is -2.32. The molecule has 0 saturated heterocycles. The summed E-state index contributed by atoms with van der Waals surface area (Å²) in [5.41, 5.74) is 4.55. The van der Waals surface area contributed by atoms with E-state index in [1.807, 2.05) is 13.0 Å². The van der Waals surface area contributed by atoms with E-state index in [4.69, 9.17) is 4.98 Å². The Morgan fingerprint density at radius 3 is 2.86 bits per heavy atom. The van der Waals surface area contributed by atoms with Gasteiger partial charge in [-0.2, -0.15) is 5.10 Å². The maximum absolute atomic E-state index is 13.0. The zero-order valence-electron chi connectivity index (χ0n) is 17.1. The lowest BCUT2D eigenvalue weighted by atomic mass is 9.70. The number of nitrogens with zero attached hydrogens (tertiary/aromatic N) is 3. The van der Waals surface area contributed by atoms with Crippen LogP contribution < -0.4 is 5.32 Å². The summed E-state index contributed by atoms with van der Waals surface area (Å²) in [7, 11) is 0. The van der Waals surface area contributed by atoms with Crippen LogP contribution in [0.5, 0.6) is 0 Å². The smallest absolute Gasteiger partial charge is 0.228 e. The second-order valence-electron chi connectivity index (χ2n) is 9.19. The Morgan fingerprint density at radius 2 is 2.07 bits per heavy atom. The van der Waals surface area contributed by atoms with Crippen molar-refractivity contribution < 1.29 is 9.59 Å². The molecule has 0 radical (unpaired) electrons. The van der Waals surface area contributed by atoms with Crippen molar-refractivity contribution in [3.63, 3.8) is 0 Å². The van der Waals surface area contributed by atoms with Crippen LogP contribution in [0.25, 0.3) is 0 Å². The van der Waals surface area contributed by atoms with Crippen molar-refractivity contribution in [3.8, 4) is 0 Å². The van der Waals surface area contributed by atoms with Gasteiger partial charge in [0.15, 0.2) is 5.78 Å². The number of rotatable bonds is 4. The van der Waals surface area contributed by atoms with Gasteiger partial charge in [-0.25, -0.2) is 4.98 Å². The molecule has 1 fully saturated rings. The van der Waals surface area contributed by atoms with E-state index < -0.39 is 0 Å². The van der Waals surface area contributed by atoms with Crippen LogP contribution in [0.1, 0.15) is 73.8 Å². The lowest BCUT2D eigenvalue weighted by Gasteiger charge is -2.34. The molecule has 2 aromatic rings. The highest BCUT2D eigenvalue weighted by Crippen LogP contribution is 2.66. The van der Waals surface area contributed by atoms with Crippen LogP contribution >= 0.6 is 11.8 Å². The lowest BCUT2D eigenvalue weighted by molar-refractivity contribution is -0.115. The molecule has 0 unspecified atom stereocenters. The molecule has 1 saturated carbocycles. The van der Waals surface area contributed by atoms with Gasteiger partial charge in [-0.3, -0.25) is 9.59 Å². The Labute approximate surface area is 174 Å². The number of thioether (sulfide) groups is 1. The van der Waals surface area contributed by atoms with Crippen LogP contribution in [0.3, 0.4) is 0 Å². The fraction of sp³-hybridized carbons (Fsp3) is 0.500. The summed E-state index contributed by atoms with van der Waals surface area (Å²) in [5, 5.41) is 11.9. The van der Waals surface area contributed by atoms with E-state index in [0.29, 0.717) is 23.1 Å². The molecule has 2 aliphatic carbocycles. The third-order valence-corrected chi connectivity index (χ3v) is 8.39. The number of carbonyl (C=O) groups excluding carboxylic acids is 2. The number of amides is 1. The standard InChI is InChI=1S/C22H24N4O2S/c1-11(18(28)12-5-6-15-13(9-12)10-16(27)23-15)29-20-24-19-17(25-26-20)14-7-8-22(19,4)21(14,2)3/h5-6,9,11,14H,7-8,10H2,1-4H3,(H,23,27)/t11-,14-,22+/m1/s1. The first-order chi connectivity index (χ1) is 13.7. The molecule has 150 valence electrons. The summed E-state index contributed by atoms with van der Waals surface area (Å²) in [6.45, 7) is 8.77. The molecule has 1 amide bonds. The van der Waals surface area contributed by atoms with Crippen LogP contribution in [-0.2, 0) is 16.6 Å². The average Bonchev–Trinajstić information content (AvgIpc) is 3.22. The van der Waals surface area contributed by atoms with E-state index in [1.54, 1.807) is 12.1 Å². The van der Waals surface area contributed by atoms with Gasteiger partial charge in [-0.1, -0.05) is 32.5 Å². The number of fused-ring (bicyclic) bond motifs is 6. The van der Waals surface area contributed by atoms with Gasteiger partial charge in [0, 0.05) is 22.6 Å². The molecule has 3 atom stereocenters. The third kappa shape index (κ3) is 2.59. The molecule has 5 rings (SSSR count). The number of Topliss-reactive ketones (excluding diaryl/α,β-unsaturated/α-hetero) is 1. The van der Waals surface area contributed by atoms with Crippen LogP contribution in [0.15, 0.2) is 23.4 Å². The Morgan fingerprint density at radius 1 is 1.28 bits per heavy atom. The van der Waals surface area contributed by atoms with Gasteiger partial charge in [-0.15, -0.1) is 5.10 Å². The predicted molar refractivity (Wildman–Crippen MR) is 111 cm³/mol. The molecular weight excluding hydrogens is 384 g/mol. The molecule has 1 N–H and O–H groups in total. The normalized spacial score (nSPS) is 26.8. The van der Waals surface area contributed by atoms with Gasteiger partial charge in [0.2, 0.25) is 11.1 Å². The second kappa shape index (κ2) is 6.11. The van der Waals surface area contributed by atoms with Gasteiger partial charge in [0.05, 0.1) is 23.1 Å². The number of benzene rings is 1. The maximum Gasteiger partial charge on any atom is 0.228 e. The zero-order valence-corrected chi connectivity index (χ0v) is 17.9. The van der Waals surface area contributed by atoms with Crippen molar-refractivity contribution in [2.24, 2.45) is 5.41 Å². The third-order valence-electron chi connectivity index (χ3n) is 7.44. The number of nitrogens with one attached hydrogen (secondary N) is 1. The summed E-state index contributed by atoms with van der Waals surface area (Å²) in [6.07, 6.45) is 2.59. The van der Waals surface area contributed by atoms with Crippen molar-refractivity contribution in [1.29, 1.82) is 0 Å². The molecule has 6 nitrogen and oxygen atoms in total. The number of carbonyl (C=O) groups is 2. The van der Waals surface area contributed by atoms with Crippen LogP contribution in [0.4, 0.5) is 5.69 Å². The molecule has 29 heavy (non-hydrogen) atoms. The monoisotopic (exact) mass is 408 g/mol. The fourth-order valence-corrected chi connectivity index (χ4v) is 6.03. The number of anilines is 1. The molecular formula is C22H24N4O2S. The van der Waals surface area contributed by atoms with Crippen LogP contribution in [-0.4, -0.2) is 32.1 Å². The summed E-state index contributed by atoms with van der Waals surface area (Å²) in [5.74, 6) is 0.396. The van der Waals surface area contributed by atoms with Crippen LogP contribution in [0.2, 0.25) is 0 Å². The summed E-state index contributed by atoms with van der Waals surface area (Å²) >= 11 is 1.36. The van der Waals surface area contributed by atoms with Crippen molar-refractivity contribution in [2.45, 2.75) is 68.7 Å². The summed E-state index contributed by atoms with van der Waals surface area (Å²) < 4.78 is 0. The van der Waals surface area contributed by atoms with Crippen LogP contribution in [0, 0.1) is 5.41 Å². The van der Waals surface area contributed by atoms with Crippen molar-refractivity contribution in [3.05, 3.63) is 40.7 Å².